The van der Waals surface area contributed by atoms with Crippen LogP contribution in [0.4, 0.5) is 0 Å². The fourth-order valence-corrected chi connectivity index (χ4v) is 6.41. The van der Waals surface area contributed by atoms with Crippen molar-refractivity contribution in [3.63, 3.8) is 0 Å². The molecule has 1 fully saturated rings. The number of aliphatic carboxylic acids is 1. The van der Waals surface area contributed by atoms with Crippen molar-refractivity contribution in [3.05, 3.63) is 48.4 Å². The summed E-state index contributed by atoms with van der Waals surface area (Å²) >= 11 is 14.5. The minimum atomic E-state index is -1.28. The number of rotatable bonds is 3. The predicted octanol–water partition coefficient (Wildman–Crippen LogP) is 2.42. The molecule has 0 aliphatic carbocycles. The van der Waals surface area contributed by atoms with E-state index in [2.05, 4.69) is 4.98 Å². The Morgan fingerprint density at radius 2 is 1.96 bits per heavy atom. The standard InChI is InChI=1S/C16H10Cl2N2O5S2/c17-6-3-1-2-5(10(6)18)8-9-12(26-13-11(8)27-16(25)19-13)15(24)20(14(9)23)4-7(21)22/h1-3,8-9,12H,4H2,(H,19,25)(H,21,22)/t8-,9?,12?/m0/s1. The van der Waals surface area contributed by atoms with Gasteiger partial charge >= 0.3 is 10.8 Å². The summed E-state index contributed by atoms with van der Waals surface area (Å²) in [6.45, 7) is -0.703. The highest BCUT2D eigenvalue weighted by Crippen LogP contribution is 2.53. The Bertz CT molecular complexity index is 1050. The van der Waals surface area contributed by atoms with Crippen LogP contribution in [0.2, 0.25) is 10.0 Å². The number of aromatic amines is 1. The van der Waals surface area contributed by atoms with E-state index in [1.54, 1.807) is 18.2 Å². The number of nitrogens with zero attached hydrogens (tertiary/aromatic N) is 1. The first-order chi connectivity index (χ1) is 12.8. The number of aromatic nitrogens is 1. The van der Waals surface area contributed by atoms with Crippen LogP contribution in [-0.4, -0.2) is 44.6 Å². The van der Waals surface area contributed by atoms with Gasteiger partial charge in [-0.2, -0.15) is 0 Å². The molecular formula is C16H10Cl2N2O5S2. The van der Waals surface area contributed by atoms with E-state index in [1.165, 1.54) is 0 Å². The molecule has 0 spiro atoms. The van der Waals surface area contributed by atoms with Crippen LogP contribution in [0.15, 0.2) is 28.0 Å². The molecule has 1 aromatic heterocycles. The van der Waals surface area contributed by atoms with Crippen LogP contribution >= 0.6 is 46.3 Å². The van der Waals surface area contributed by atoms with E-state index >= 15 is 0 Å². The molecule has 3 atom stereocenters. The largest absolute Gasteiger partial charge is 0.480 e. The van der Waals surface area contributed by atoms with Crippen molar-refractivity contribution in [1.29, 1.82) is 0 Å². The van der Waals surface area contributed by atoms with E-state index in [1.807, 2.05) is 0 Å². The van der Waals surface area contributed by atoms with Crippen molar-refractivity contribution in [3.8, 4) is 0 Å². The Morgan fingerprint density at radius 1 is 1.22 bits per heavy atom. The van der Waals surface area contributed by atoms with Gasteiger partial charge in [0.1, 0.15) is 11.8 Å². The van der Waals surface area contributed by atoms with Gasteiger partial charge in [-0.1, -0.05) is 58.4 Å². The molecule has 2 amide bonds. The second-order valence-corrected chi connectivity index (χ2v) is 9.00. The van der Waals surface area contributed by atoms with Gasteiger partial charge in [0, 0.05) is 10.8 Å². The molecule has 4 rings (SSSR count). The summed E-state index contributed by atoms with van der Waals surface area (Å²) in [4.78, 5) is 52.4. The molecule has 0 saturated carbocycles. The van der Waals surface area contributed by atoms with Crippen molar-refractivity contribution in [1.82, 2.24) is 9.88 Å². The van der Waals surface area contributed by atoms with Gasteiger partial charge in [-0.3, -0.25) is 24.1 Å². The van der Waals surface area contributed by atoms with E-state index in [9.17, 15) is 19.2 Å². The number of nitrogens with one attached hydrogen (secondary N) is 1. The number of carboxylic acid groups (broad SMARTS) is 1. The monoisotopic (exact) mass is 444 g/mol. The fourth-order valence-electron chi connectivity index (χ4n) is 3.46. The minimum Gasteiger partial charge on any atom is -0.480 e. The average Bonchev–Trinajstić information content (AvgIpc) is 3.08. The number of benzene rings is 1. The second-order valence-electron chi connectivity index (χ2n) is 6.05. The molecule has 27 heavy (non-hydrogen) atoms. The molecule has 3 heterocycles. The minimum absolute atomic E-state index is 0.235. The van der Waals surface area contributed by atoms with Crippen LogP contribution in [0, 0.1) is 5.92 Å². The second kappa shape index (κ2) is 6.66. The third-order valence-corrected chi connectivity index (χ3v) is 7.76. The van der Waals surface area contributed by atoms with Gasteiger partial charge in [0.25, 0.3) is 0 Å². The van der Waals surface area contributed by atoms with Gasteiger partial charge < -0.3 is 10.1 Å². The number of thioether (sulfide) groups is 1. The van der Waals surface area contributed by atoms with E-state index in [0.29, 0.717) is 15.5 Å². The van der Waals surface area contributed by atoms with Crippen molar-refractivity contribution in [2.24, 2.45) is 5.92 Å². The van der Waals surface area contributed by atoms with Crippen LogP contribution in [0.5, 0.6) is 0 Å². The SMILES string of the molecule is O=C(O)CN1C(=O)C2Sc3[nH]c(=O)sc3[C@@H](c3cccc(Cl)c3Cl)C2C1=O. The molecule has 1 saturated heterocycles. The number of hydrogen-bond acceptors (Lipinski definition) is 6. The first-order valence-corrected chi connectivity index (χ1v) is 10.2. The topological polar surface area (TPSA) is 108 Å². The number of carbonyl (C=O) groups excluding carboxylic acids is 2. The summed E-state index contributed by atoms with van der Waals surface area (Å²) in [6.07, 6.45) is 0. The lowest BCUT2D eigenvalue weighted by molar-refractivity contribution is -0.149. The van der Waals surface area contributed by atoms with Gasteiger partial charge in [-0.15, -0.1) is 0 Å². The van der Waals surface area contributed by atoms with Crippen molar-refractivity contribution < 1.29 is 19.5 Å². The van der Waals surface area contributed by atoms with E-state index in [0.717, 1.165) is 28.0 Å². The molecule has 2 aliphatic rings. The van der Waals surface area contributed by atoms with Crippen LogP contribution < -0.4 is 4.87 Å². The number of likely N-dealkylation sites (tertiary alicyclic amines) is 1. The third-order valence-electron chi connectivity index (χ3n) is 4.53. The molecule has 2 unspecified atom stereocenters. The quantitative estimate of drug-likeness (QED) is 0.703. The molecule has 2 aromatic rings. The number of H-pyrrole nitrogens is 1. The number of carboxylic acids is 1. The van der Waals surface area contributed by atoms with Gasteiger partial charge in [-0.25, -0.2) is 0 Å². The maximum absolute atomic E-state index is 13.0. The van der Waals surface area contributed by atoms with Gasteiger partial charge in [0.05, 0.1) is 21.0 Å². The lowest BCUT2D eigenvalue weighted by atomic mass is 9.83. The predicted molar refractivity (Wildman–Crippen MR) is 101 cm³/mol. The molecular weight excluding hydrogens is 435 g/mol. The zero-order chi connectivity index (χ0) is 19.5. The van der Waals surface area contributed by atoms with Crippen molar-refractivity contribution >= 4 is 64.1 Å². The van der Waals surface area contributed by atoms with Crippen molar-refractivity contribution in [2.75, 3.05) is 6.54 Å². The number of halogens is 2. The molecule has 0 bridgehead atoms. The maximum Gasteiger partial charge on any atom is 0.323 e. The highest BCUT2D eigenvalue weighted by atomic mass is 35.5. The van der Waals surface area contributed by atoms with Crippen molar-refractivity contribution in [2.45, 2.75) is 16.2 Å². The van der Waals surface area contributed by atoms with Gasteiger partial charge in [0.15, 0.2) is 0 Å². The van der Waals surface area contributed by atoms with Gasteiger partial charge in [-0.05, 0) is 11.6 Å². The zero-order valence-electron chi connectivity index (χ0n) is 13.3. The summed E-state index contributed by atoms with van der Waals surface area (Å²) in [5.41, 5.74) is 0.522. The molecule has 2 N–H and O–H groups in total. The number of fused-ring (bicyclic) bond motifs is 2. The Labute approximate surface area is 170 Å². The molecule has 0 radical (unpaired) electrons. The lowest BCUT2D eigenvalue weighted by Gasteiger charge is -2.30. The Kier molecular flexibility index (Phi) is 4.58. The summed E-state index contributed by atoms with van der Waals surface area (Å²) in [6, 6.07) is 4.96. The normalized spacial score (nSPS) is 24.1. The number of imide groups is 1. The highest BCUT2D eigenvalue weighted by Gasteiger charge is 2.56. The van der Waals surface area contributed by atoms with E-state index in [-0.39, 0.29) is 14.9 Å². The Balaban J connectivity index is 1.90. The molecule has 1 aromatic carbocycles. The number of hydrogen-bond donors (Lipinski definition) is 2. The maximum atomic E-state index is 13.0. The van der Waals surface area contributed by atoms with Crippen LogP contribution in [-0.2, 0) is 14.4 Å². The molecule has 140 valence electrons. The lowest BCUT2D eigenvalue weighted by Crippen LogP contribution is -2.36. The number of carbonyl (C=O) groups is 3. The smallest absolute Gasteiger partial charge is 0.323 e. The Morgan fingerprint density at radius 3 is 2.67 bits per heavy atom. The molecule has 11 heteroatoms. The summed E-state index contributed by atoms with van der Waals surface area (Å²) in [7, 11) is 0. The van der Waals surface area contributed by atoms with Crippen LogP contribution in [0.3, 0.4) is 0 Å². The fraction of sp³-hybridized carbons (Fsp3) is 0.250. The average molecular weight is 445 g/mol. The Hall–Kier alpha value is -1.81. The highest BCUT2D eigenvalue weighted by molar-refractivity contribution is 8.00. The van der Waals surface area contributed by atoms with Crippen LogP contribution in [0.1, 0.15) is 16.4 Å². The summed E-state index contributed by atoms with van der Waals surface area (Å²) in [5.74, 6) is -3.99. The third kappa shape index (κ3) is 2.89. The number of amides is 2. The van der Waals surface area contributed by atoms with Crippen LogP contribution in [0.25, 0.3) is 0 Å². The molecule has 7 nitrogen and oxygen atoms in total. The van der Waals surface area contributed by atoms with E-state index in [4.69, 9.17) is 28.3 Å². The van der Waals surface area contributed by atoms with Gasteiger partial charge in [0.2, 0.25) is 11.8 Å². The summed E-state index contributed by atoms with van der Waals surface area (Å²) < 4.78 is 0. The molecule has 2 aliphatic heterocycles. The van der Waals surface area contributed by atoms with E-state index < -0.39 is 41.4 Å². The summed E-state index contributed by atoms with van der Waals surface area (Å²) in [5, 5.41) is 9.21. The first-order valence-electron chi connectivity index (χ1n) is 7.70. The number of thiazole rings is 1. The first kappa shape index (κ1) is 18.5. The zero-order valence-corrected chi connectivity index (χ0v) is 16.4.